The summed E-state index contributed by atoms with van der Waals surface area (Å²) in [5.41, 5.74) is 10.8. The summed E-state index contributed by atoms with van der Waals surface area (Å²) in [6.07, 6.45) is 0.815. The Balaban J connectivity index is 1.45. The van der Waals surface area contributed by atoms with Crippen molar-refractivity contribution in [1.82, 2.24) is 10.3 Å². The quantitative estimate of drug-likeness (QED) is 0.419. The van der Waals surface area contributed by atoms with Gasteiger partial charge in [-0.25, -0.2) is 14.6 Å². The van der Waals surface area contributed by atoms with Crippen LogP contribution in [0.1, 0.15) is 22.6 Å². The van der Waals surface area contributed by atoms with Crippen LogP contribution in [0.15, 0.2) is 60.8 Å². The van der Waals surface area contributed by atoms with Crippen LogP contribution in [-0.2, 0) is 16.0 Å². The average Bonchev–Trinajstić information content (AvgIpc) is 3.08. The van der Waals surface area contributed by atoms with Gasteiger partial charge >= 0.3 is 12.1 Å². The molecule has 1 atom stereocenters. The Kier molecular flexibility index (Phi) is 6.08. The van der Waals surface area contributed by atoms with Crippen molar-refractivity contribution in [2.75, 3.05) is 12.3 Å². The average molecular weight is 529 g/mol. The maximum atomic E-state index is 12.4. The highest BCUT2D eigenvalue weighted by Crippen LogP contribution is 2.44. The standard InChI is InChI=1S/C23H20IN3O4/c24-14-9-13(21(25)26-11-14)10-20(22(28)29)27-23(30)31-12-19-17-7-3-1-5-15(17)16-6-2-4-8-18(16)19/h1-9,11,19-20H,10,12H2,(H2,25,26)(H,27,30)(H,28,29). The number of nitrogen functional groups attached to an aromatic ring is 1. The van der Waals surface area contributed by atoms with Crippen LogP contribution >= 0.6 is 22.6 Å². The summed E-state index contributed by atoms with van der Waals surface area (Å²) in [5, 5.41) is 12.0. The third kappa shape index (κ3) is 4.48. The predicted molar refractivity (Wildman–Crippen MR) is 125 cm³/mol. The zero-order valence-corrected chi connectivity index (χ0v) is 18.6. The molecule has 7 nitrogen and oxygen atoms in total. The summed E-state index contributed by atoms with van der Waals surface area (Å²) in [4.78, 5) is 28.2. The van der Waals surface area contributed by atoms with Crippen LogP contribution in [0, 0.1) is 3.57 Å². The summed E-state index contributed by atoms with van der Waals surface area (Å²) < 4.78 is 6.28. The zero-order valence-electron chi connectivity index (χ0n) is 16.4. The van der Waals surface area contributed by atoms with Gasteiger partial charge in [-0.2, -0.15) is 0 Å². The maximum absolute atomic E-state index is 12.4. The number of aromatic nitrogens is 1. The largest absolute Gasteiger partial charge is 0.480 e. The molecule has 0 fully saturated rings. The van der Waals surface area contributed by atoms with Crippen LogP contribution in [-0.4, -0.2) is 34.8 Å². The van der Waals surface area contributed by atoms with E-state index >= 15 is 0 Å². The smallest absolute Gasteiger partial charge is 0.407 e. The number of nitrogens with two attached hydrogens (primary N) is 1. The number of nitrogens with one attached hydrogen (secondary N) is 1. The summed E-state index contributed by atoms with van der Waals surface area (Å²) in [7, 11) is 0. The summed E-state index contributed by atoms with van der Waals surface area (Å²) in [5.74, 6) is -1.04. The topological polar surface area (TPSA) is 115 Å². The number of hydrogen-bond acceptors (Lipinski definition) is 5. The molecule has 4 rings (SSSR count). The second-order valence-electron chi connectivity index (χ2n) is 7.26. The third-order valence-corrected chi connectivity index (χ3v) is 5.92. The van der Waals surface area contributed by atoms with Gasteiger partial charge in [0.05, 0.1) is 0 Å². The molecule has 2 aromatic carbocycles. The molecule has 0 bridgehead atoms. The zero-order chi connectivity index (χ0) is 22.0. The second kappa shape index (κ2) is 8.93. The lowest BCUT2D eigenvalue weighted by atomic mass is 9.98. The minimum atomic E-state index is -1.18. The fourth-order valence-corrected chi connectivity index (χ4v) is 4.37. The van der Waals surface area contributed by atoms with Gasteiger partial charge in [0.15, 0.2) is 0 Å². The first-order chi connectivity index (χ1) is 14.9. The fourth-order valence-electron chi connectivity index (χ4n) is 3.86. The van der Waals surface area contributed by atoms with Crippen LogP contribution in [0.25, 0.3) is 11.1 Å². The van der Waals surface area contributed by atoms with Gasteiger partial charge in [-0.15, -0.1) is 0 Å². The van der Waals surface area contributed by atoms with E-state index in [0.717, 1.165) is 25.8 Å². The number of nitrogens with zero attached hydrogens (tertiary/aromatic N) is 1. The highest BCUT2D eigenvalue weighted by Gasteiger charge is 2.30. The van der Waals surface area contributed by atoms with Crippen LogP contribution in [0.2, 0.25) is 0 Å². The molecule has 3 aromatic rings. The summed E-state index contributed by atoms with van der Waals surface area (Å²) >= 11 is 2.07. The maximum Gasteiger partial charge on any atom is 0.407 e. The molecule has 31 heavy (non-hydrogen) atoms. The van der Waals surface area contributed by atoms with E-state index in [2.05, 4.69) is 32.9 Å². The number of fused-ring (bicyclic) bond motifs is 3. The van der Waals surface area contributed by atoms with E-state index in [0.29, 0.717) is 5.56 Å². The number of halogens is 1. The Bertz CT molecular complexity index is 1110. The molecule has 1 aliphatic carbocycles. The number of ether oxygens (including phenoxy) is 1. The number of aliphatic carboxylic acids is 1. The van der Waals surface area contributed by atoms with Crippen molar-refractivity contribution in [3.8, 4) is 11.1 Å². The number of benzene rings is 2. The van der Waals surface area contributed by atoms with E-state index in [9.17, 15) is 14.7 Å². The van der Waals surface area contributed by atoms with Crippen molar-refractivity contribution in [2.45, 2.75) is 18.4 Å². The first kappa shape index (κ1) is 21.1. The molecule has 1 aromatic heterocycles. The molecule has 158 valence electrons. The Morgan fingerprint density at radius 2 is 1.74 bits per heavy atom. The highest BCUT2D eigenvalue weighted by molar-refractivity contribution is 14.1. The number of carbonyl (C=O) groups is 2. The summed E-state index contributed by atoms with van der Waals surface area (Å²) in [6.45, 7) is 0.110. The number of carboxylic acids is 1. The summed E-state index contributed by atoms with van der Waals surface area (Å²) in [6, 6.07) is 16.6. The predicted octanol–water partition coefficient (Wildman–Crippen LogP) is 3.80. The molecule has 1 aliphatic rings. The van der Waals surface area contributed by atoms with Crippen LogP contribution in [0.5, 0.6) is 0 Å². The first-order valence-electron chi connectivity index (χ1n) is 9.68. The van der Waals surface area contributed by atoms with E-state index in [-0.39, 0.29) is 24.8 Å². The number of alkyl carbamates (subject to hydrolysis) is 1. The number of anilines is 1. The molecular formula is C23H20IN3O4. The van der Waals surface area contributed by atoms with Gasteiger partial charge in [-0.3, -0.25) is 0 Å². The van der Waals surface area contributed by atoms with Gasteiger partial charge in [0.25, 0.3) is 0 Å². The molecular weight excluding hydrogens is 509 g/mol. The van der Waals surface area contributed by atoms with Crippen LogP contribution in [0.4, 0.5) is 10.6 Å². The molecule has 0 saturated carbocycles. The molecule has 4 N–H and O–H groups in total. The molecule has 1 amide bonds. The second-order valence-corrected chi connectivity index (χ2v) is 8.51. The van der Waals surface area contributed by atoms with Crippen LogP contribution in [0.3, 0.4) is 0 Å². The minimum absolute atomic E-state index is 0.00913. The monoisotopic (exact) mass is 529 g/mol. The lowest BCUT2D eigenvalue weighted by molar-refractivity contribution is -0.139. The molecule has 0 spiro atoms. The van der Waals surface area contributed by atoms with E-state index < -0.39 is 18.1 Å². The van der Waals surface area contributed by atoms with Crippen molar-refractivity contribution >= 4 is 40.5 Å². The Labute approximate surface area is 192 Å². The number of carboxylic acid groups (broad SMARTS) is 1. The van der Waals surface area contributed by atoms with Gasteiger partial charge in [0, 0.05) is 22.1 Å². The molecule has 1 heterocycles. The van der Waals surface area contributed by atoms with Crippen molar-refractivity contribution in [3.05, 3.63) is 81.1 Å². The Morgan fingerprint density at radius 3 is 2.35 bits per heavy atom. The van der Waals surface area contributed by atoms with Gasteiger partial charge < -0.3 is 20.9 Å². The Hall–Kier alpha value is -3.14. The third-order valence-electron chi connectivity index (χ3n) is 5.33. The molecule has 8 heteroatoms. The molecule has 0 radical (unpaired) electrons. The number of carbonyl (C=O) groups excluding carboxylic acids is 1. The SMILES string of the molecule is Nc1ncc(I)cc1CC(NC(=O)OCC1c2ccccc2-c2ccccc21)C(=O)O. The lowest BCUT2D eigenvalue weighted by Gasteiger charge is -2.18. The van der Waals surface area contributed by atoms with Crippen molar-refractivity contribution in [2.24, 2.45) is 0 Å². The van der Waals surface area contributed by atoms with Gasteiger partial charge in [0.2, 0.25) is 0 Å². The first-order valence-corrected chi connectivity index (χ1v) is 10.8. The van der Waals surface area contributed by atoms with Gasteiger partial charge in [-0.1, -0.05) is 48.5 Å². The highest BCUT2D eigenvalue weighted by atomic mass is 127. The van der Waals surface area contributed by atoms with Crippen molar-refractivity contribution < 1.29 is 19.4 Å². The van der Waals surface area contributed by atoms with Crippen LogP contribution < -0.4 is 11.1 Å². The lowest BCUT2D eigenvalue weighted by Crippen LogP contribution is -2.43. The minimum Gasteiger partial charge on any atom is -0.480 e. The molecule has 0 aliphatic heterocycles. The van der Waals surface area contributed by atoms with Crippen molar-refractivity contribution in [1.29, 1.82) is 0 Å². The normalized spacial score (nSPS) is 13.2. The number of pyridine rings is 1. The molecule has 0 saturated heterocycles. The Morgan fingerprint density at radius 1 is 1.13 bits per heavy atom. The van der Waals surface area contributed by atoms with E-state index in [1.54, 1.807) is 12.3 Å². The van der Waals surface area contributed by atoms with Gasteiger partial charge in [-0.05, 0) is 56.5 Å². The van der Waals surface area contributed by atoms with E-state index in [1.165, 1.54) is 0 Å². The van der Waals surface area contributed by atoms with Gasteiger partial charge in [0.1, 0.15) is 18.5 Å². The van der Waals surface area contributed by atoms with Crippen molar-refractivity contribution in [3.63, 3.8) is 0 Å². The number of rotatable bonds is 6. The number of amides is 1. The number of hydrogen-bond donors (Lipinski definition) is 3. The fraction of sp³-hybridized carbons (Fsp3) is 0.174. The van der Waals surface area contributed by atoms with E-state index in [1.807, 2.05) is 48.5 Å². The van der Waals surface area contributed by atoms with E-state index in [4.69, 9.17) is 10.5 Å². The molecule has 1 unspecified atom stereocenters.